The van der Waals surface area contributed by atoms with Gasteiger partial charge in [-0.15, -0.1) is 0 Å². The number of carboxylic acids is 1. The molecule has 0 aliphatic heterocycles. The minimum Gasteiger partial charge on any atom is -0.481 e. The van der Waals surface area contributed by atoms with E-state index in [1.165, 1.54) is 44.9 Å². The van der Waals surface area contributed by atoms with Gasteiger partial charge < -0.3 is 16.2 Å². The number of unbranched alkanes of at least 4 members (excludes halogenated alkanes) is 7. The molecule has 0 saturated heterocycles. The van der Waals surface area contributed by atoms with Gasteiger partial charge in [0.25, 0.3) is 0 Å². The Labute approximate surface area is 123 Å². The lowest BCUT2D eigenvalue weighted by Gasteiger charge is -2.05. The van der Waals surface area contributed by atoms with Crippen LogP contribution >= 0.6 is 0 Å². The maximum absolute atomic E-state index is 10.3. The van der Waals surface area contributed by atoms with Crippen LogP contribution in [0.25, 0.3) is 0 Å². The van der Waals surface area contributed by atoms with Gasteiger partial charge in [-0.1, -0.05) is 51.9 Å². The van der Waals surface area contributed by atoms with E-state index in [1.54, 1.807) is 0 Å². The fraction of sp³-hybridized carbons (Fsp3) is 0.867. The van der Waals surface area contributed by atoms with Crippen LogP contribution in [0.2, 0.25) is 0 Å². The van der Waals surface area contributed by atoms with E-state index in [0.29, 0.717) is 18.9 Å². The van der Waals surface area contributed by atoms with Crippen LogP contribution in [0, 0.1) is 0 Å². The molecule has 5 nitrogen and oxygen atoms in total. The molecule has 0 heterocycles. The lowest BCUT2D eigenvalue weighted by Crippen LogP contribution is -2.32. The molecule has 0 aliphatic carbocycles. The van der Waals surface area contributed by atoms with Crippen LogP contribution in [0.1, 0.15) is 71.1 Å². The van der Waals surface area contributed by atoms with Crippen molar-refractivity contribution in [2.45, 2.75) is 71.1 Å². The fourth-order valence-electron chi connectivity index (χ4n) is 1.96. The van der Waals surface area contributed by atoms with Gasteiger partial charge in [0.2, 0.25) is 0 Å². The van der Waals surface area contributed by atoms with Crippen molar-refractivity contribution < 1.29 is 9.90 Å². The zero-order valence-corrected chi connectivity index (χ0v) is 12.9. The highest BCUT2D eigenvalue weighted by atomic mass is 16.4. The van der Waals surface area contributed by atoms with Gasteiger partial charge in [0.1, 0.15) is 0 Å². The van der Waals surface area contributed by atoms with E-state index in [0.717, 1.165) is 13.0 Å². The van der Waals surface area contributed by atoms with Crippen molar-refractivity contribution in [2.24, 2.45) is 10.7 Å². The number of rotatable bonds is 13. The molecule has 118 valence electrons. The van der Waals surface area contributed by atoms with Crippen molar-refractivity contribution in [1.82, 2.24) is 5.32 Å². The van der Waals surface area contributed by atoms with Gasteiger partial charge in [-0.05, 0) is 12.8 Å². The number of nitrogens with one attached hydrogen (secondary N) is 1. The minimum absolute atomic E-state index is 0.148. The molecular formula is C15H31N3O2. The maximum atomic E-state index is 10.3. The fourth-order valence-corrected chi connectivity index (χ4v) is 1.96. The lowest BCUT2D eigenvalue weighted by atomic mass is 10.1. The Balaban J connectivity index is 3.28. The summed E-state index contributed by atoms with van der Waals surface area (Å²) < 4.78 is 0. The third kappa shape index (κ3) is 14.8. The van der Waals surface area contributed by atoms with E-state index in [2.05, 4.69) is 17.2 Å². The summed E-state index contributed by atoms with van der Waals surface area (Å²) in [6, 6.07) is 0. The number of hydrogen-bond donors (Lipinski definition) is 3. The predicted molar refractivity (Wildman–Crippen MR) is 84.0 cm³/mol. The van der Waals surface area contributed by atoms with Crippen molar-refractivity contribution in [3.8, 4) is 0 Å². The van der Waals surface area contributed by atoms with Crippen LogP contribution in [-0.2, 0) is 4.79 Å². The summed E-state index contributed by atoms with van der Waals surface area (Å²) in [5, 5.41) is 11.5. The summed E-state index contributed by atoms with van der Waals surface area (Å²) in [6.07, 6.45) is 11.0. The van der Waals surface area contributed by atoms with Crippen LogP contribution in [0.4, 0.5) is 0 Å². The average molecular weight is 285 g/mol. The molecule has 0 amide bonds. The summed E-state index contributed by atoms with van der Waals surface area (Å²) in [6.45, 7) is 3.56. The predicted octanol–water partition coefficient (Wildman–Crippen LogP) is 2.90. The average Bonchev–Trinajstić information content (AvgIpc) is 2.41. The van der Waals surface area contributed by atoms with E-state index in [9.17, 15) is 4.79 Å². The van der Waals surface area contributed by atoms with Crippen LogP contribution in [0.5, 0.6) is 0 Å². The quantitative estimate of drug-likeness (QED) is 0.276. The number of carbonyl (C=O) groups is 1. The summed E-state index contributed by atoms with van der Waals surface area (Å²) in [5.41, 5.74) is 5.68. The molecule has 5 heteroatoms. The Morgan fingerprint density at radius 3 is 2.25 bits per heavy atom. The van der Waals surface area contributed by atoms with Crippen molar-refractivity contribution in [3.63, 3.8) is 0 Å². The normalized spacial score (nSPS) is 11.6. The summed E-state index contributed by atoms with van der Waals surface area (Å²) in [4.78, 5) is 14.4. The number of nitrogens with two attached hydrogens (primary N) is 1. The molecule has 4 N–H and O–H groups in total. The number of aliphatic imine (C=N–C) groups is 1. The standard InChI is InChI=1S/C15H31N3O2/c1-2-3-4-5-6-7-8-9-12-17-15(16)18-13-10-11-14(19)20/h2-13H2,1H3,(H,19,20)(H3,16,17,18). The Kier molecular flexibility index (Phi) is 13.3. The number of nitrogens with zero attached hydrogens (tertiary/aromatic N) is 1. The van der Waals surface area contributed by atoms with Gasteiger partial charge in [-0.25, -0.2) is 0 Å². The van der Waals surface area contributed by atoms with Crippen molar-refractivity contribution in [3.05, 3.63) is 0 Å². The highest BCUT2D eigenvalue weighted by molar-refractivity contribution is 5.77. The van der Waals surface area contributed by atoms with Gasteiger partial charge in [0.15, 0.2) is 5.96 Å². The van der Waals surface area contributed by atoms with Crippen molar-refractivity contribution in [1.29, 1.82) is 0 Å². The molecule has 0 aromatic carbocycles. The molecule has 0 spiro atoms. The number of aliphatic carboxylic acids is 1. The summed E-state index contributed by atoms with van der Waals surface area (Å²) >= 11 is 0. The Bertz CT molecular complexity index is 268. The second-order valence-corrected chi connectivity index (χ2v) is 5.17. The molecular weight excluding hydrogens is 254 g/mol. The molecule has 0 aromatic heterocycles. The molecule has 0 aliphatic rings. The maximum Gasteiger partial charge on any atom is 0.303 e. The monoisotopic (exact) mass is 285 g/mol. The highest BCUT2D eigenvalue weighted by Crippen LogP contribution is 2.07. The molecule has 0 fully saturated rings. The number of hydrogen-bond acceptors (Lipinski definition) is 2. The number of guanidine groups is 1. The van der Waals surface area contributed by atoms with E-state index >= 15 is 0 Å². The van der Waals surface area contributed by atoms with Crippen LogP contribution < -0.4 is 11.1 Å². The number of carboxylic acid groups (broad SMARTS) is 1. The summed E-state index contributed by atoms with van der Waals surface area (Å²) in [5.74, 6) is -0.357. The van der Waals surface area contributed by atoms with Gasteiger partial charge in [-0.3, -0.25) is 9.79 Å². The second-order valence-electron chi connectivity index (χ2n) is 5.17. The lowest BCUT2D eigenvalue weighted by molar-refractivity contribution is -0.137. The Hall–Kier alpha value is -1.26. The van der Waals surface area contributed by atoms with Crippen molar-refractivity contribution in [2.75, 3.05) is 13.1 Å². The molecule has 0 aromatic rings. The Morgan fingerprint density at radius 2 is 1.65 bits per heavy atom. The Morgan fingerprint density at radius 1 is 1.05 bits per heavy atom. The third-order valence-electron chi connectivity index (χ3n) is 3.17. The molecule has 0 bridgehead atoms. The third-order valence-corrected chi connectivity index (χ3v) is 3.17. The van der Waals surface area contributed by atoms with Gasteiger partial charge in [0, 0.05) is 19.5 Å². The molecule has 0 atom stereocenters. The highest BCUT2D eigenvalue weighted by Gasteiger charge is 1.96. The molecule has 0 rings (SSSR count). The first-order valence-corrected chi connectivity index (χ1v) is 7.92. The molecule has 0 radical (unpaired) electrons. The first kappa shape index (κ1) is 18.7. The van der Waals surface area contributed by atoms with Gasteiger partial charge in [-0.2, -0.15) is 0 Å². The first-order valence-electron chi connectivity index (χ1n) is 7.92. The second kappa shape index (κ2) is 14.2. The summed E-state index contributed by atoms with van der Waals surface area (Å²) in [7, 11) is 0. The van der Waals surface area contributed by atoms with E-state index in [4.69, 9.17) is 10.8 Å². The smallest absolute Gasteiger partial charge is 0.303 e. The van der Waals surface area contributed by atoms with Crippen LogP contribution in [0.3, 0.4) is 0 Å². The zero-order valence-electron chi connectivity index (χ0n) is 12.9. The molecule has 0 unspecified atom stereocenters. The van der Waals surface area contributed by atoms with Crippen LogP contribution in [0.15, 0.2) is 4.99 Å². The minimum atomic E-state index is -0.786. The van der Waals surface area contributed by atoms with Gasteiger partial charge >= 0.3 is 5.97 Å². The topological polar surface area (TPSA) is 87.7 Å². The van der Waals surface area contributed by atoms with E-state index < -0.39 is 5.97 Å². The van der Waals surface area contributed by atoms with E-state index in [1.807, 2.05) is 0 Å². The van der Waals surface area contributed by atoms with E-state index in [-0.39, 0.29) is 6.42 Å². The largest absolute Gasteiger partial charge is 0.481 e. The van der Waals surface area contributed by atoms with Crippen LogP contribution in [-0.4, -0.2) is 30.1 Å². The SMILES string of the molecule is CCCCCCCCCCNC(N)=NCCCC(=O)O. The molecule has 20 heavy (non-hydrogen) atoms. The van der Waals surface area contributed by atoms with Crippen molar-refractivity contribution >= 4 is 11.9 Å². The van der Waals surface area contributed by atoms with Gasteiger partial charge in [0.05, 0.1) is 0 Å². The molecule has 0 saturated carbocycles. The zero-order chi connectivity index (χ0) is 15.1. The first-order chi connectivity index (χ1) is 9.66.